The molecule has 0 spiro atoms. The predicted molar refractivity (Wildman–Crippen MR) is 123 cm³/mol. The van der Waals surface area contributed by atoms with Crippen molar-refractivity contribution in [2.75, 3.05) is 6.61 Å². The molecular formula is C25H31ClN2O3. The summed E-state index contributed by atoms with van der Waals surface area (Å²) >= 11 is 6.01. The number of halogens is 1. The molecule has 5 nitrogen and oxygen atoms in total. The lowest BCUT2D eigenvalue weighted by atomic mass is 10.1. The van der Waals surface area contributed by atoms with Gasteiger partial charge in [-0.05, 0) is 56.0 Å². The Labute approximate surface area is 189 Å². The van der Waals surface area contributed by atoms with E-state index in [1.165, 1.54) is 0 Å². The van der Waals surface area contributed by atoms with Crippen LogP contribution in [0.4, 0.5) is 0 Å². The Morgan fingerprint density at radius 1 is 1.10 bits per heavy atom. The third kappa shape index (κ3) is 6.73. The zero-order chi connectivity index (χ0) is 22.2. The van der Waals surface area contributed by atoms with E-state index in [9.17, 15) is 9.59 Å². The summed E-state index contributed by atoms with van der Waals surface area (Å²) in [5.41, 5.74) is 2.04. The quantitative estimate of drug-likeness (QED) is 0.601. The van der Waals surface area contributed by atoms with Crippen LogP contribution in [0.25, 0.3) is 0 Å². The van der Waals surface area contributed by atoms with Gasteiger partial charge >= 0.3 is 0 Å². The van der Waals surface area contributed by atoms with E-state index in [1.54, 1.807) is 17.0 Å². The van der Waals surface area contributed by atoms with E-state index < -0.39 is 6.04 Å². The van der Waals surface area contributed by atoms with Gasteiger partial charge in [0.2, 0.25) is 5.91 Å². The summed E-state index contributed by atoms with van der Waals surface area (Å²) in [5.74, 6) is 0.324. The van der Waals surface area contributed by atoms with Gasteiger partial charge in [0, 0.05) is 17.6 Å². The number of hydrogen-bond acceptors (Lipinski definition) is 3. The van der Waals surface area contributed by atoms with Crippen LogP contribution < -0.4 is 10.1 Å². The van der Waals surface area contributed by atoms with Crippen LogP contribution in [0.3, 0.4) is 0 Å². The number of benzene rings is 2. The molecule has 166 valence electrons. The van der Waals surface area contributed by atoms with Crippen molar-refractivity contribution in [1.29, 1.82) is 0 Å². The highest BCUT2D eigenvalue weighted by atomic mass is 35.5. The first kappa shape index (κ1) is 23.1. The third-order valence-electron chi connectivity index (χ3n) is 5.74. The first-order valence-corrected chi connectivity index (χ1v) is 11.4. The Hall–Kier alpha value is -2.53. The number of amides is 2. The molecule has 1 N–H and O–H groups in total. The fourth-order valence-electron chi connectivity index (χ4n) is 3.94. The van der Waals surface area contributed by atoms with Crippen LogP contribution in [0.1, 0.15) is 50.2 Å². The van der Waals surface area contributed by atoms with E-state index in [1.807, 2.05) is 50.2 Å². The largest absolute Gasteiger partial charge is 0.484 e. The molecule has 6 heteroatoms. The maximum absolute atomic E-state index is 13.2. The summed E-state index contributed by atoms with van der Waals surface area (Å²) < 4.78 is 5.72. The van der Waals surface area contributed by atoms with E-state index in [0.29, 0.717) is 23.7 Å². The lowest BCUT2D eigenvalue weighted by molar-refractivity contribution is -0.143. The van der Waals surface area contributed by atoms with Crippen LogP contribution >= 0.6 is 11.6 Å². The predicted octanol–water partition coefficient (Wildman–Crippen LogP) is 4.89. The highest BCUT2D eigenvalue weighted by Gasteiger charge is 2.30. The molecule has 1 fully saturated rings. The minimum Gasteiger partial charge on any atom is -0.484 e. The van der Waals surface area contributed by atoms with Crippen molar-refractivity contribution >= 4 is 23.4 Å². The Kier molecular flexibility index (Phi) is 8.35. The van der Waals surface area contributed by atoms with Gasteiger partial charge in [-0.2, -0.15) is 0 Å². The molecule has 0 heterocycles. The molecule has 31 heavy (non-hydrogen) atoms. The Balaban J connectivity index is 1.74. The number of nitrogens with zero attached hydrogens (tertiary/aromatic N) is 1. The second kappa shape index (κ2) is 11.2. The number of carbonyl (C=O) groups excluding carboxylic acids is 2. The Bertz CT molecular complexity index is 861. The molecule has 1 aliphatic rings. The van der Waals surface area contributed by atoms with Gasteiger partial charge in [0.05, 0.1) is 0 Å². The number of rotatable bonds is 9. The molecule has 2 amide bonds. The van der Waals surface area contributed by atoms with Crippen molar-refractivity contribution in [2.45, 2.75) is 64.6 Å². The van der Waals surface area contributed by atoms with Crippen LogP contribution in [-0.2, 0) is 16.1 Å². The van der Waals surface area contributed by atoms with Gasteiger partial charge in [-0.3, -0.25) is 9.59 Å². The van der Waals surface area contributed by atoms with Crippen molar-refractivity contribution in [1.82, 2.24) is 10.2 Å². The molecule has 2 aromatic rings. The van der Waals surface area contributed by atoms with E-state index in [0.717, 1.165) is 36.8 Å². The average Bonchev–Trinajstić information content (AvgIpc) is 3.27. The molecule has 0 radical (unpaired) electrons. The van der Waals surface area contributed by atoms with Crippen molar-refractivity contribution in [3.05, 3.63) is 64.7 Å². The molecule has 0 aliphatic heterocycles. The van der Waals surface area contributed by atoms with E-state index >= 15 is 0 Å². The second-order valence-electron chi connectivity index (χ2n) is 8.16. The molecule has 1 unspecified atom stereocenters. The van der Waals surface area contributed by atoms with Crippen molar-refractivity contribution in [3.8, 4) is 5.75 Å². The molecule has 0 bridgehead atoms. The van der Waals surface area contributed by atoms with Gasteiger partial charge in [-0.25, -0.2) is 0 Å². The van der Waals surface area contributed by atoms with Crippen molar-refractivity contribution in [2.24, 2.45) is 0 Å². The molecule has 1 aliphatic carbocycles. The van der Waals surface area contributed by atoms with Gasteiger partial charge in [0.1, 0.15) is 11.8 Å². The minimum absolute atomic E-state index is 0.0907. The topological polar surface area (TPSA) is 58.6 Å². The van der Waals surface area contributed by atoms with Crippen LogP contribution in [-0.4, -0.2) is 35.4 Å². The van der Waals surface area contributed by atoms with Crippen molar-refractivity contribution < 1.29 is 14.3 Å². The molecule has 1 atom stereocenters. The number of hydrogen-bond donors (Lipinski definition) is 1. The summed E-state index contributed by atoms with van der Waals surface area (Å²) in [7, 11) is 0. The van der Waals surface area contributed by atoms with Gasteiger partial charge in [0.15, 0.2) is 6.61 Å². The number of carbonyl (C=O) groups is 2. The SMILES string of the molecule is CCC(C(=O)NC1CCCC1)N(Cc1ccc(Cl)cc1)C(=O)COc1ccc(C)cc1. The lowest BCUT2D eigenvalue weighted by Crippen LogP contribution is -2.52. The van der Waals surface area contributed by atoms with E-state index in [2.05, 4.69) is 5.32 Å². The summed E-state index contributed by atoms with van der Waals surface area (Å²) in [6, 6.07) is 14.6. The normalized spacial score (nSPS) is 14.8. The van der Waals surface area contributed by atoms with Crippen LogP contribution in [0.2, 0.25) is 5.02 Å². The summed E-state index contributed by atoms with van der Waals surface area (Å²) in [6.07, 6.45) is 4.81. The second-order valence-corrected chi connectivity index (χ2v) is 8.60. The number of aryl methyl sites for hydroxylation is 1. The van der Waals surface area contributed by atoms with Gasteiger partial charge < -0.3 is 15.0 Å². The summed E-state index contributed by atoms with van der Waals surface area (Å²) in [4.78, 5) is 27.9. The average molecular weight is 443 g/mol. The smallest absolute Gasteiger partial charge is 0.261 e. The van der Waals surface area contributed by atoms with Gasteiger partial charge in [0.25, 0.3) is 5.91 Å². The summed E-state index contributed by atoms with van der Waals surface area (Å²) in [6.45, 7) is 4.13. The lowest BCUT2D eigenvalue weighted by Gasteiger charge is -2.31. The molecule has 1 saturated carbocycles. The number of ether oxygens (including phenoxy) is 1. The first-order valence-electron chi connectivity index (χ1n) is 11.0. The fourth-order valence-corrected chi connectivity index (χ4v) is 4.06. The maximum Gasteiger partial charge on any atom is 0.261 e. The van der Waals surface area contributed by atoms with E-state index in [4.69, 9.17) is 16.3 Å². The standard InChI is InChI=1S/C25H31ClN2O3/c1-3-23(25(30)27-21-6-4-5-7-21)28(16-19-10-12-20(26)13-11-19)24(29)17-31-22-14-8-18(2)9-15-22/h8-15,21,23H,3-7,16-17H2,1-2H3,(H,27,30). The summed E-state index contributed by atoms with van der Waals surface area (Å²) in [5, 5.41) is 3.78. The highest BCUT2D eigenvalue weighted by molar-refractivity contribution is 6.30. The highest BCUT2D eigenvalue weighted by Crippen LogP contribution is 2.20. The van der Waals surface area contributed by atoms with Crippen LogP contribution in [0, 0.1) is 6.92 Å². The monoisotopic (exact) mass is 442 g/mol. The van der Waals surface area contributed by atoms with Crippen molar-refractivity contribution in [3.63, 3.8) is 0 Å². The van der Waals surface area contributed by atoms with Gasteiger partial charge in [-0.15, -0.1) is 0 Å². The van der Waals surface area contributed by atoms with Gasteiger partial charge in [-0.1, -0.05) is 61.2 Å². The zero-order valence-electron chi connectivity index (χ0n) is 18.3. The van der Waals surface area contributed by atoms with Crippen LogP contribution in [0.5, 0.6) is 5.75 Å². The minimum atomic E-state index is -0.551. The Morgan fingerprint density at radius 3 is 2.35 bits per heavy atom. The third-order valence-corrected chi connectivity index (χ3v) is 5.99. The molecule has 0 saturated heterocycles. The fraction of sp³-hybridized carbons (Fsp3) is 0.440. The maximum atomic E-state index is 13.2. The zero-order valence-corrected chi connectivity index (χ0v) is 19.0. The van der Waals surface area contributed by atoms with E-state index in [-0.39, 0.29) is 24.5 Å². The number of nitrogens with one attached hydrogen (secondary N) is 1. The molecular weight excluding hydrogens is 412 g/mol. The van der Waals surface area contributed by atoms with Crippen LogP contribution in [0.15, 0.2) is 48.5 Å². The molecule has 2 aromatic carbocycles. The molecule has 0 aromatic heterocycles. The molecule has 3 rings (SSSR count). The first-order chi connectivity index (χ1) is 15.0. The Morgan fingerprint density at radius 2 is 1.74 bits per heavy atom.